The Morgan fingerprint density at radius 2 is 1.70 bits per heavy atom. The summed E-state index contributed by atoms with van der Waals surface area (Å²) in [6.07, 6.45) is 16.9. The second-order valence-corrected chi connectivity index (χ2v) is 9.27. The van der Waals surface area contributed by atoms with Gasteiger partial charge in [-0.3, -0.25) is 0 Å². The van der Waals surface area contributed by atoms with E-state index in [0.717, 1.165) is 37.7 Å². The van der Waals surface area contributed by atoms with Crippen LogP contribution in [0.5, 0.6) is 5.75 Å². The normalized spacial score (nSPS) is 19.6. The van der Waals surface area contributed by atoms with Crippen LogP contribution in [-0.4, -0.2) is 34.4 Å². The van der Waals surface area contributed by atoms with Crippen molar-refractivity contribution in [1.82, 2.24) is 9.97 Å². The van der Waals surface area contributed by atoms with Gasteiger partial charge in [0.05, 0.1) is 6.61 Å². The molecule has 178 valence electrons. The molecular weight excluding hydrogens is 416 g/mol. The van der Waals surface area contributed by atoms with Crippen molar-refractivity contribution in [3.05, 3.63) is 42.2 Å². The Labute approximate surface area is 197 Å². The molecule has 2 heterocycles. The van der Waals surface area contributed by atoms with E-state index >= 15 is 0 Å². The van der Waals surface area contributed by atoms with E-state index in [1.165, 1.54) is 50.5 Å². The maximum atomic E-state index is 12.5. The summed E-state index contributed by atoms with van der Waals surface area (Å²) in [7, 11) is 0. The van der Waals surface area contributed by atoms with Crippen LogP contribution in [0, 0.1) is 0 Å². The molecule has 1 aromatic heterocycles. The molecule has 1 aliphatic heterocycles. The summed E-state index contributed by atoms with van der Waals surface area (Å²) in [5.74, 6) is 0.174. The predicted octanol–water partition coefficient (Wildman–Crippen LogP) is 6.03. The Morgan fingerprint density at radius 3 is 2.42 bits per heavy atom. The molecule has 1 saturated carbocycles. The number of nitrogens with zero attached hydrogens (tertiary/aromatic N) is 2. The maximum Gasteiger partial charge on any atom is 0.343 e. The lowest BCUT2D eigenvalue weighted by Crippen LogP contribution is -2.35. The fraction of sp³-hybridized carbons (Fsp3) is 0.593. The van der Waals surface area contributed by atoms with Crippen LogP contribution in [0.25, 0.3) is 11.4 Å². The van der Waals surface area contributed by atoms with Crippen molar-refractivity contribution in [2.24, 2.45) is 0 Å². The molecule has 0 radical (unpaired) electrons. The van der Waals surface area contributed by atoms with Gasteiger partial charge in [0, 0.05) is 30.8 Å². The molecule has 0 bridgehead atoms. The Morgan fingerprint density at radius 1 is 1.00 bits per heavy atom. The minimum atomic E-state index is -0.662. The van der Waals surface area contributed by atoms with E-state index in [1.807, 2.05) is 24.5 Å². The van der Waals surface area contributed by atoms with Gasteiger partial charge >= 0.3 is 5.97 Å². The van der Waals surface area contributed by atoms with Crippen LogP contribution in [-0.2, 0) is 20.7 Å². The van der Waals surface area contributed by atoms with Crippen molar-refractivity contribution in [1.29, 1.82) is 0 Å². The van der Waals surface area contributed by atoms with Gasteiger partial charge < -0.3 is 14.2 Å². The smallest absolute Gasteiger partial charge is 0.343 e. The summed E-state index contributed by atoms with van der Waals surface area (Å²) < 4.78 is 17.3. The molecule has 4 rings (SSSR count). The van der Waals surface area contributed by atoms with E-state index < -0.39 is 17.9 Å². The SMILES string of the molecule is CCCCCCCCc1cnc(-c2ccc(OC(=O)[C@H]3COC4(CCCCC4)O3)cc2)nc1. The largest absolute Gasteiger partial charge is 0.425 e. The monoisotopic (exact) mass is 452 g/mol. The Kier molecular flexibility index (Phi) is 8.46. The molecule has 0 unspecified atom stereocenters. The molecule has 6 heteroatoms. The molecule has 1 aliphatic carbocycles. The van der Waals surface area contributed by atoms with Crippen molar-refractivity contribution in [2.45, 2.75) is 95.9 Å². The lowest BCUT2D eigenvalue weighted by Gasteiger charge is -2.31. The molecule has 2 aliphatic rings. The zero-order chi connectivity index (χ0) is 22.9. The number of carbonyl (C=O) groups is 1. The molecular formula is C27H36N2O4. The molecule has 2 aromatic rings. The van der Waals surface area contributed by atoms with Crippen LogP contribution >= 0.6 is 0 Å². The molecule has 1 saturated heterocycles. The fourth-order valence-electron chi connectivity index (χ4n) is 4.62. The average molecular weight is 453 g/mol. The number of hydrogen-bond acceptors (Lipinski definition) is 6. The third-order valence-corrected chi connectivity index (χ3v) is 6.59. The van der Waals surface area contributed by atoms with Gasteiger partial charge in [-0.1, -0.05) is 45.4 Å². The van der Waals surface area contributed by atoms with E-state index in [-0.39, 0.29) is 6.61 Å². The number of benzene rings is 1. The number of ether oxygens (including phenoxy) is 3. The minimum absolute atomic E-state index is 0.260. The van der Waals surface area contributed by atoms with Crippen LogP contribution in [0.4, 0.5) is 0 Å². The summed E-state index contributed by atoms with van der Waals surface area (Å²) in [6, 6.07) is 7.29. The Bertz CT molecular complexity index is 876. The summed E-state index contributed by atoms with van der Waals surface area (Å²) in [6.45, 7) is 2.50. The van der Waals surface area contributed by atoms with Crippen LogP contribution in [0.3, 0.4) is 0 Å². The van der Waals surface area contributed by atoms with E-state index in [0.29, 0.717) is 11.6 Å². The first kappa shape index (κ1) is 23.8. The first-order valence-electron chi connectivity index (χ1n) is 12.6. The van der Waals surface area contributed by atoms with Crippen molar-refractivity contribution < 1.29 is 19.0 Å². The highest BCUT2D eigenvalue weighted by Gasteiger charge is 2.45. The zero-order valence-corrected chi connectivity index (χ0v) is 19.8. The second-order valence-electron chi connectivity index (χ2n) is 9.27. The van der Waals surface area contributed by atoms with Crippen molar-refractivity contribution >= 4 is 5.97 Å². The summed E-state index contributed by atoms with van der Waals surface area (Å²) in [5.41, 5.74) is 2.07. The first-order chi connectivity index (χ1) is 16.2. The third-order valence-electron chi connectivity index (χ3n) is 6.59. The molecule has 33 heavy (non-hydrogen) atoms. The minimum Gasteiger partial charge on any atom is -0.425 e. The van der Waals surface area contributed by atoms with Crippen LogP contribution in [0.1, 0.15) is 83.1 Å². The zero-order valence-electron chi connectivity index (χ0n) is 19.8. The van der Waals surface area contributed by atoms with Crippen molar-refractivity contribution in [2.75, 3.05) is 6.61 Å². The topological polar surface area (TPSA) is 70.5 Å². The third kappa shape index (κ3) is 6.61. The van der Waals surface area contributed by atoms with Gasteiger partial charge in [-0.15, -0.1) is 0 Å². The molecule has 1 atom stereocenters. The van der Waals surface area contributed by atoms with Gasteiger partial charge in [-0.05, 0) is 55.5 Å². The second kappa shape index (κ2) is 11.7. The number of esters is 1. The Hall–Kier alpha value is -2.31. The predicted molar refractivity (Wildman–Crippen MR) is 127 cm³/mol. The lowest BCUT2D eigenvalue weighted by atomic mass is 9.94. The lowest BCUT2D eigenvalue weighted by molar-refractivity contribution is -0.193. The van der Waals surface area contributed by atoms with Gasteiger partial charge in [-0.25, -0.2) is 14.8 Å². The Balaban J connectivity index is 1.24. The number of rotatable bonds is 10. The number of unbranched alkanes of at least 4 members (excludes halogenated alkanes) is 5. The number of aromatic nitrogens is 2. The van der Waals surface area contributed by atoms with Crippen LogP contribution in [0.15, 0.2) is 36.7 Å². The molecule has 1 aromatic carbocycles. The van der Waals surface area contributed by atoms with Crippen LogP contribution < -0.4 is 4.74 Å². The highest BCUT2D eigenvalue weighted by atomic mass is 16.8. The number of carbonyl (C=O) groups excluding carboxylic acids is 1. The molecule has 6 nitrogen and oxygen atoms in total. The molecule has 2 fully saturated rings. The first-order valence-corrected chi connectivity index (χ1v) is 12.6. The van der Waals surface area contributed by atoms with E-state index in [9.17, 15) is 4.79 Å². The van der Waals surface area contributed by atoms with Gasteiger partial charge in [0.2, 0.25) is 0 Å². The van der Waals surface area contributed by atoms with Crippen LogP contribution in [0.2, 0.25) is 0 Å². The van der Waals surface area contributed by atoms with E-state index in [2.05, 4.69) is 16.9 Å². The summed E-state index contributed by atoms with van der Waals surface area (Å²) >= 11 is 0. The standard InChI is InChI=1S/C27H36N2O4/c1-2-3-4-5-6-8-11-21-18-28-25(29-19-21)22-12-14-23(15-13-22)32-26(30)24-20-31-27(33-24)16-9-7-10-17-27/h12-15,18-19,24H,2-11,16-17,20H2,1H3/t24-/m1/s1. The van der Waals surface area contributed by atoms with Gasteiger partial charge in [0.15, 0.2) is 17.7 Å². The highest BCUT2D eigenvalue weighted by Crippen LogP contribution is 2.38. The average Bonchev–Trinajstić information content (AvgIpc) is 3.26. The highest BCUT2D eigenvalue weighted by molar-refractivity contribution is 5.78. The molecule has 1 spiro atoms. The summed E-state index contributed by atoms with van der Waals surface area (Å²) in [4.78, 5) is 21.6. The molecule has 0 N–H and O–H groups in total. The number of hydrogen-bond donors (Lipinski definition) is 0. The quantitative estimate of drug-likeness (QED) is 0.249. The van der Waals surface area contributed by atoms with Gasteiger partial charge in [0.25, 0.3) is 0 Å². The van der Waals surface area contributed by atoms with Gasteiger partial charge in [0.1, 0.15) is 5.75 Å². The molecule has 0 amide bonds. The number of aryl methyl sites for hydroxylation is 1. The summed E-state index contributed by atoms with van der Waals surface area (Å²) in [5, 5.41) is 0. The van der Waals surface area contributed by atoms with Crippen molar-refractivity contribution in [3.63, 3.8) is 0 Å². The van der Waals surface area contributed by atoms with Gasteiger partial charge in [-0.2, -0.15) is 0 Å². The van der Waals surface area contributed by atoms with Crippen molar-refractivity contribution in [3.8, 4) is 17.1 Å². The van der Waals surface area contributed by atoms with E-state index in [1.54, 1.807) is 12.1 Å². The fourth-order valence-corrected chi connectivity index (χ4v) is 4.62. The maximum absolute atomic E-state index is 12.5. The van der Waals surface area contributed by atoms with E-state index in [4.69, 9.17) is 14.2 Å².